The van der Waals surface area contributed by atoms with Crippen LogP contribution in [0.3, 0.4) is 0 Å². The van der Waals surface area contributed by atoms with E-state index >= 15 is 0 Å². The van der Waals surface area contributed by atoms with E-state index in [4.69, 9.17) is 11.6 Å². The van der Waals surface area contributed by atoms with Gasteiger partial charge in [-0.2, -0.15) is 11.8 Å². The number of carbonyl (C=O) groups excluding carboxylic acids is 1. The summed E-state index contributed by atoms with van der Waals surface area (Å²) in [4.78, 5) is 12.3. The van der Waals surface area contributed by atoms with Crippen LogP contribution >= 0.6 is 23.4 Å². The lowest BCUT2D eigenvalue weighted by Crippen LogP contribution is -2.40. The summed E-state index contributed by atoms with van der Waals surface area (Å²) >= 11 is 7.74. The van der Waals surface area contributed by atoms with Crippen molar-refractivity contribution < 1.29 is 13.2 Å². The van der Waals surface area contributed by atoms with Crippen molar-refractivity contribution in [1.29, 1.82) is 0 Å². The normalized spacial score (nSPS) is 11.3. The molecule has 1 amide bonds. The quantitative estimate of drug-likeness (QED) is 0.547. The minimum atomic E-state index is -3.56. The average Bonchev–Trinajstić information content (AvgIpc) is 2.64. The highest BCUT2D eigenvalue weighted by Crippen LogP contribution is 2.21. The summed E-state index contributed by atoms with van der Waals surface area (Å²) in [6.45, 7) is 4.16. The van der Waals surface area contributed by atoms with Gasteiger partial charge in [0.2, 0.25) is 15.9 Å². The lowest BCUT2D eigenvalue weighted by Gasteiger charge is -2.22. The molecule has 0 bridgehead atoms. The largest absolute Gasteiger partial charge is 0.354 e. The highest BCUT2D eigenvalue weighted by Gasteiger charge is 2.21. The minimum absolute atomic E-state index is 0.225. The van der Waals surface area contributed by atoms with Crippen molar-refractivity contribution in [3.8, 4) is 0 Å². The summed E-state index contributed by atoms with van der Waals surface area (Å²) in [5.74, 6) is 1.44. The van der Waals surface area contributed by atoms with Gasteiger partial charge in [-0.15, -0.1) is 0 Å². The zero-order valence-corrected chi connectivity index (χ0v) is 19.3. The molecule has 2 aromatic carbocycles. The number of nitrogens with zero attached hydrogens (tertiary/aromatic N) is 1. The fraction of sp³-hybridized carbons (Fsp3) is 0.381. The second kappa shape index (κ2) is 10.9. The molecule has 5 nitrogen and oxygen atoms in total. The smallest absolute Gasteiger partial charge is 0.240 e. The first-order valence-corrected chi connectivity index (χ1v) is 12.7. The van der Waals surface area contributed by atoms with Crippen LogP contribution < -0.4 is 9.62 Å². The molecule has 1 N–H and O–H groups in total. The first-order valence-electron chi connectivity index (χ1n) is 9.30. The molecule has 0 atom stereocenters. The molecule has 2 rings (SSSR count). The molecule has 0 aromatic heterocycles. The number of hydrogen-bond donors (Lipinski definition) is 1. The zero-order chi connectivity index (χ0) is 21.4. The van der Waals surface area contributed by atoms with E-state index in [-0.39, 0.29) is 12.5 Å². The monoisotopic (exact) mass is 454 g/mol. The van der Waals surface area contributed by atoms with E-state index in [9.17, 15) is 13.2 Å². The van der Waals surface area contributed by atoms with Crippen LogP contribution in [0, 0.1) is 13.8 Å². The molecule has 29 heavy (non-hydrogen) atoms. The highest BCUT2D eigenvalue weighted by molar-refractivity contribution is 7.98. The SMILES string of the molecule is Cc1ccc(N(CC(=O)NCCCSCc2cccc(Cl)c2)S(C)(=O)=O)cc1C. The third-order valence-electron chi connectivity index (χ3n) is 4.41. The lowest BCUT2D eigenvalue weighted by atomic mass is 10.1. The Bertz CT molecular complexity index is 949. The molecule has 2 aromatic rings. The minimum Gasteiger partial charge on any atom is -0.354 e. The first-order chi connectivity index (χ1) is 13.7. The molecule has 8 heteroatoms. The van der Waals surface area contributed by atoms with Crippen molar-refractivity contribution in [1.82, 2.24) is 5.32 Å². The Hall–Kier alpha value is -1.70. The van der Waals surface area contributed by atoms with E-state index in [1.807, 2.05) is 44.2 Å². The predicted molar refractivity (Wildman–Crippen MR) is 123 cm³/mol. The predicted octanol–water partition coefficient (Wildman–Crippen LogP) is 4.16. The van der Waals surface area contributed by atoms with Gasteiger partial charge in [-0.05, 0) is 67.0 Å². The summed E-state index contributed by atoms with van der Waals surface area (Å²) in [6.07, 6.45) is 1.92. The van der Waals surface area contributed by atoms with E-state index in [2.05, 4.69) is 5.32 Å². The molecule has 0 radical (unpaired) electrons. The third-order valence-corrected chi connectivity index (χ3v) is 6.90. The molecule has 0 aliphatic carbocycles. The Morgan fingerprint density at radius 3 is 2.55 bits per heavy atom. The van der Waals surface area contributed by atoms with Crippen LogP contribution in [0.15, 0.2) is 42.5 Å². The van der Waals surface area contributed by atoms with E-state index in [1.54, 1.807) is 23.9 Å². The number of rotatable bonds is 10. The molecular weight excluding hydrogens is 428 g/mol. The topological polar surface area (TPSA) is 66.5 Å². The van der Waals surface area contributed by atoms with Crippen molar-refractivity contribution in [3.05, 3.63) is 64.2 Å². The lowest BCUT2D eigenvalue weighted by molar-refractivity contribution is -0.119. The maximum Gasteiger partial charge on any atom is 0.240 e. The van der Waals surface area contributed by atoms with Crippen LogP contribution in [0.5, 0.6) is 0 Å². The van der Waals surface area contributed by atoms with Crippen LogP contribution in [-0.2, 0) is 20.6 Å². The summed E-state index contributed by atoms with van der Waals surface area (Å²) < 4.78 is 25.5. The number of aryl methyl sites for hydroxylation is 2. The number of halogens is 1. The molecule has 0 fully saturated rings. The molecular formula is C21H27ClN2O3S2. The van der Waals surface area contributed by atoms with E-state index in [0.717, 1.165) is 44.6 Å². The maximum atomic E-state index is 12.3. The second-order valence-electron chi connectivity index (χ2n) is 6.92. The van der Waals surface area contributed by atoms with Crippen molar-refractivity contribution in [2.24, 2.45) is 0 Å². The molecule has 158 valence electrons. The van der Waals surface area contributed by atoms with Gasteiger partial charge in [0.1, 0.15) is 6.54 Å². The Morgan fingerprint density at radius 2 is 1.90 bits per heavy atom. The Morgan fingerprint density at radius 1 is 1.14 bits per heavy atom. The number of hydrogen-bond acceptors (Lipinski definition) is 4. The maximum absolute atomic E-state index is 12.3. The Labute approximate surface area is 182 Å². The summed E-state index contributed by atoms with van der Waals surface area (Å²) in [5, 5.41) is 3.54. The molecule has 0 saturated carbocycles. The number of anilines is 1. The van der Waals surface area contributed by atoms with Gasteiger partial charge in [-0.1, -0.05) is 29.8 Å². The van der Waals surface area contributed by atoms with Gasteiger partial charge < -0.3 is 5.32 Å². The third kappa shape index (κ3) is 7.91. The molecule has 0 aliphatic rings. The van der Waals surface area contributed by atoms with E-state index in [0.29, 0.717) is 12.2 Å². The highest BCUT2D eigenvalue weighted by atomic mass is 35.5. The molecule has 0 heterocycles. The van der Waals surface area contributed by atoms with Gasteiger partial charge in [-0.25, -0.2) is 8.42 Å². The van der Waals surface area contributed by atoms with Crippen LogP contribution in [0.4, 0.5) is 5.69 Å². The number of benzene rings is 2. The average molecular weight is 455 g/mol. The summed E-state index contributed by atoms with van der Waals surface area (Å²) in [7, 11) is -3.56. The van der Waals surface area contributed by atoms with Gasteiger partial charge in [0.25, 0.3) is 0 Å². The fourth-order valence-corrected chi connectivity index (χ4v) is 4.66. The fourth-order valence-electron chi connectivity index (χ4n) is 2.69. The van der Waals surface area contributed by atoms with Gasteiger partial charge >= 0.3 is 0 Å². The summed E-state index contributed by atoms with van der Waals surface area (Å²) in [5.41, 5.74) is 3.72. The van der Waals surface area contributed by atoms with E-state index in [1.165, 1.54) is 5.56 Å². The number of carbonyl (C=O) groups is 1. The van der Waals surface area contributed by atoms with Gasteiger partial charge in [-0.3, -0.25) is 9.10 Å². The number of thioether (sulfide) groups is 1. The molecule has 0 unspecified atom stereocenters. The van der Waals surface area contributed by atoms with E-state index < -0.39 is 10.0 Å². The first kappa shape index (κ1) is 23.6. The van der Waals surface area contributed by atoms with Gasteiger partial charge in [0.15, 0.2) is 0 Å². The molecule has 0 spiro atoms. The van der Waals surface area contributed by atoms with Crippen LogP contribution in [-0.4, -0.2) is 39.4 Å². The van der Waals surface area contributed by atoms with Crippen LogP contribution in [0.1, 0.15) is 23.1 Å². The summed E-state index contributed by atoms with van der Waals surface area (Å²) in [6, 6.07) is 13.1. The molecule has 0 aliphatic heterocycles. The second-order valence-corrected chi connectivity index (χ2v) is 10.4. The van der Waals surface area contributed by atoms with Gasteiger partial charge in [0, 0.05) is 17.3 Å². The van der Waals surface area contributed by atoms with Crippen molar-refractivity contribution in [2.45, 2.75) is 26.0 Å². The van der Waals surface area contributed by atoms with Crippen molar-refractivity contribution in [3.63, 3.8) is 0 Å². The van der Waals surface area contributed by atoms with Crippen LogP contribution in [0.2, 0.25) is 5.02 Å². The number of sulfonamides is 1. The number of nitrogens with one attached hydrogen (secondary N) is 1. The van der Waals surface area contributed by atoms with Gasteiger partial charge in [0.05, 0.1) is 11.9 Å². The Balaban J connectivity index is 1.79. The standard InChI is InChI=1S/C21H27ClN2O3S2/c1-16-8-9-20(12-17(16)2)24(29(3,26)27)14-21(25)23-10-5-11-28-15-18-6-4-7-19(22)13-18/h4,6-9,12-13H,5,10-11,14-15H2,1-3H3,(H,23,25). The molecule has 0 saturated heterocycles. The zero-order valence-electron chi connectivity index (χ0n) is 16.9. The van der Waals surface area contributed by atoms with Crippen LogP contribution in [0.25, 0.3) is 0 Å². The van der Waals surface area contributed by atoms with Crippen molar-refractivity contribution in [2.75, 3.05) is 29.4 Å². The Kier molecular flexibility index (Phi) is 8.86. The van der Waals surface area contributed by atoms with Crippen molar-refractivity contribution >= 4 is 45.0 Å². The number of amides is 1.